The summed E-state index contributed by atoms with van der Waals surface area (Å²) in [5, 5.41) is 0.715. The Balaban J connectivity index is 0.00000121. The lowest BCUT2D eigenvalue weighted by Gasteiger charge is -2.05. The molecule has 0 amide bonds. The topological polar surface area (TPSA) is 26.0 Å². The third-order valence-corrected chi connectivity index (χ3v) is 2.09. The highest BCUT2D eigenvalue weighted by molar-refractivity contribution is 9.10. The van der Waals surface area contributed by atoms with Gasteiger partial charge in [-0.15, -0.1) is 12.4 Å². The van der Waals surface area contributed by atoms with Gasteiger partial charge in [-0.3, -0.25) is 0 Å². The molecule has 0 bridgehead atoms. The Bertz CT molecular complexity index is 243. The van der Waals surface area contributed by atoms with E-state index in [1.165, 1.54) is 0 Å². The second-order valence-corrected chi connectivity index (χ2v) is 3.84. The van der Waals surface area contributed by atoms with Gasteiger partial charge in [0.1, 0.15) is 0 Å². The van der Waals surface area contributed by atoms with E-state index in [1.54, 1.807) is 0 Å². The molecule has 0 fully saturated rings. The third kappa shape index (κ3) is 3.31. The predicted octanol–water partition coefficient (Wildman–Crippen LogP) is 3.54. The van der Waals surface area contributed by atoms with Gasteiger partial charge in [-0.05, 0) is 30.7 Å². The van der Waals surface area contributed by atoms with Gasteiger partial charge >= 0.3 is 0 Å². The molecule has 0 saturated carbocycles. The van der Waals surface area contributed by atoms with E-state index < -0.39 is 0 Å². The maximum atomic E-state index is 5.81. The first-order valence-electron chi connectivity index (χ1n) is 3.31. The summed E-state index contributed by atoms with van der Waals surface area (Å²) >= 11 is 9.15. The van der Waals surface area contributed by atoms with Crippen molar-refractivity contribution in [3.8, 4) is 0 Å². The summed E-state index contributed by atoms with van der Waals surface area (Å²) in [6.07, 6.45) is 0. The van der Waals surface area contributed by atoms with Gasteiger partial charge in [-0.2, -0.15) is 0 Å². The van der Waals surface area contributed by atoms with Crippen LogP contribution in [0.15, 0.2) is 22.7 Å². The van der Waals surface area contributed by atoms with Crippen molar-refractivity contribution in [2.75, 3.05) is 0 Å². The zero-order chi connectivity index (χ0) is 8.43. The zero-order valence-corrected chi connectivity index (χ0v) is 9.71. The van der Waals surface area contributed by atoms with Crippen molar-refractivity contribution in [2.24, 2.45) is 5.73 Å². The molecule has 0 aliphatic heterocycles. The first kappa shape index (κ1) is 12.2. The maximum absolute atomic E-state index is 5.81. The monoisotopic (exact) mass is 269 g/mol. The highest BCUT2D eigenvalue weighted by Gasteiger charge is 2.01. The number of hydrogen-bond donors (Lipinski definition) is 1. The molecule has 1 atom stereocenters. The van der Waals surface area contributed by atoms with Crippen molar-refractivity contribution < 1.29 is 0 Å². The fraction of sp³-hybridized carbons (Fsp3) is 0.250. The van der Waals surface area contributed by atoms with E-state index in [1.807, 2.05) is 25.1 Å². The Hall–Kier alpha value is 0.240. The van der Waals surface area contributed by atoms with E-state index in [2.05, 4.69) is 15.9 Å². The number of halogens is 3. The normalized spacial score (nSPS) is 12.0. The fourth-order valence-corrected chi connectivity index (χ4v) is 1.72. The molecule has 1 aromatic rings. The lowest BCUT2D eigenvalue weighted by atomic mass is 10.1. The maximum Gasteiger partial charge on any atom is 0.0420 e. The molecule has 0 aromatic heterocycles. The van der Waals surface area contributed by atoms with Gasteiger partial charge in [0, 0.05) is 15.5 Å². The van der Waals surface area contributed by atoms with Crippen molar-refractivity contribution in [1.29, 1.82) is 0 Å². The minimum absolute atomic E-state index is 0. The molecule has 0 aliphatic carbocycles. The first-order chi connectivity index (χ1) is 5.09. The van der Waals surface area contributed by atoms with Gasteiger partial charge in [-0.1, -0.05) is 27.5 Å². The molecule has 0 unspecified atom stereocenters. The highest BCUT2D eigenvalue weighted by atomic mass is 79.9. The van der Waals surface area contributed by atoms with E-state index in [0.29, 0.717) is 5.02 Å². The minimum atomic E-state index is 0. The summed E-state index contributed by atoms with van der Waals surface area (Å²) in [6.45, 7) is 1.93. The molecule has 0 saturated heterocycles. The van der Waals surface area contributed by atoms with Crippen molar-refractivity contribution >= 4 is 39.9 Å². The van der Waals surface area contributed by atoms with Crippen LogP contribution in [-0.4, -0.2) is 0 Å². The number of nitrogens with two attached hydrogens (primary N) is 1. The Morgan fingerprint density at radius 2 is 2.00 bits per heavy atom. The Morgan fingerprint density at radius 1 is 1.42 bits per heavy atom. The SMILES string of the molecule is C[C@H](N)c1cc(Cl)cc(Br)c1.Cl. The van der Waals surface area contributed by atoms with Crippen LogP contribution >= 0.6 is 39.9 Å². The molecular formula is C8H10BrCl2N. The minimum Gasteiger partial charge on any atom is -0.324 e. The van der Waals surface area contributed by atoms with Crippen LogP contribution in [0.3, 0.4) is 0 Å². The zero-order valence-electron chi connectivity index (χ0n) is 6.55. The summed E-state index contributed by atoms with van der Waals surface area (Å²) < 4.78 is 0.970. The van der Waals surface area contributed by atoms with Crippen molar-refractivity contribution in [3.05, 3.63) is 33.3 Å². The molecule has 1 nitrogen and oxygen atoms in total. The summed E-state index contributed by atoms with van der Waals surface area (Å²) in [7, 11) is 0. The molecular weight excluding hydrogens is 261 g/mol. The summed E-state index contributed by atoms with van der Waals surface area (Å²) in [4.78, 5) is 0. The lowest BCUT2D eigenvalue weighted by molar-refractivity contribution is 0.817. The standard InChI is InChI=1S/C8H9BrClN.ClH/c1-5(11)6-2-7(9)4-8(10)3-6;/h2-5H,11H2,1H3;1H/t5-;/m0./s1. The van der Waals surface area contributed by atoms with E-state index in [9.17, 15) is 0 Å². The largest absolute Gasteiger partial charge is 0.324 e. The first-order valence-corrected chi connectivity index (χ1v) is 4.48. The van der Waals surface area contributed by atoms with Crippen LogP contribution in [0.25, 0.3) is 0 Å². The van der Waals surface area contributed by atoms with E-state index in [-0.39, 0.29) is 18.4 Å². The molecule has 2 N–H and O–H groups in total. The van der Waals surface area contributed by atoms with Crippen molar-refractivity contribution in [3.63, 3.8) is 0 Å². The van der Waals surface area contributed by atoms with Crippen molar-refractivity contribution in [2.45, 2.75) is 13.0 Å². The van der Waals surface area contributed by atoms with Gasteiger partial charge in [-0.25, -0.2) is 0 Å². The smallest absolute Gasteiger partial charge is 0.0420 e. The van der Waals surface area contributed by atoms with Crippen LogP contribution in [0.2, 0.25) is 5.02 Å². The van der Waals surface area contributed by atoms with Crippen LogP contribution < -0.4 is 5.73 Å². The number of hydrogen-bond acceptors (Lipinski definition) is 1. The average molecular weight is 271 g/mol. The summed E-state index contributed by atoms with van der Waals surface area (Å²) in [5.41, 5.74) is 6.72. The van der Waals surface area contributed by atoms with Gasteiger partial charge in [0.2, 0.25) is 0 Å². The van der Waals surface area contributed by atoms with Gasteiger partial charge in [0.15, 0.2) is 0 Å². The Kier molecular flexibility index (Phi) is 5.18. The molecule has 1 rings (SSSR count). The number of rotatable bonds is 1. The molecule has 0 radical (unpaired) electrons. The van der Waals surface area contributed by atoms with E-state index >= 15 is 0 Å². The predicted molar refractivity (Wildman–Crippen MR) is 59.0 cm³/mol. The van der Waals surface area contributed by atoms with Crippen molar-refractivity contribution in [1.82, 2.24) is 0 Å². The quantitative estimate of drug-likeness (QED) is 0.830. The fourth-order valence-electron chi connectivity index (χ4n) is 0.838. The van der Waals surface area contributed by atoms with Crippen LogP contribution in [0.4, 0.5) is 0 Å². The molecule has 68 valence electrons. The van der Waals surface area contributed by atoms with E-state index in [4.69, 9.17) is 17.3 Å². The van der Waals surface area contributed by atoms with E-state index in [0.717, 1.165) is 10.0 Å². The second-order valence-electron chi connectivity index (χ2n) is 2.49. The van der Waals surface area contributed by atoms with Crippen LogP contribution in [-0.2, 0) is 0 Å². The van der Waals surface area contributed by atoms with Gasteiger partial charge in [0.25, 0.3) is 0 Å². The molecule has 4 heteroatoms. The van der Waals surface area contributed by atoms with Crippen LogP contribution in [0, 0.1) is 0 Å². The Labute approximate surface area is 91.8 Å². The number of benzene rings is 1. The van der Waals surface area contributed by atoms with Gasteiger partial charge < -0.3 is 5.73 Å². The second kappa shape index (κ2) is 5.07. The summed E-state index contributed by atoms with van der Waals surface area (Å²) in [5.74, 6) is 0. The van der Waals surface area contributed by atoms with Gasteiger partial charge in [0.05, 0.1) is 0 Å². The Morgan fingerprint density at radius 3 is 2.42 bits per heavy atom. The molecule has 12 heavy (non-hydrogen) atoms. The lowest BCUT2D eigenvalue weighted by Crippen LogP contribution is -2.04. The average Bonchev–Trinajstić information content (AvgIpc) is 1.85. The molecule has 1 aromatic carbocycles. The molecule has 0 heterocycles. The van der Waals surface area contributed by atoms with Crippen LogP contribution in [0.5, 0.6) is 0 Å². The molecule has 0 spiro atoms. The third-order valence-electron chi connectivity index (χ3n) is 1.41. The molecule has 0 aliphatic rings. The summed E-state index contributed by atoms with van der Waals surface area (Å²) in [6, 6.07) is 5.71. The highest BCUT2D eigenvalue weighted by Crippen LogP contribution is 2.22. The van der Waals surface area contributed by atoms with Crippen LogP contribution in [0.1, 0.15) is 18.5 Å².